The highest BCUT2D eigenvalue weighted by molar-refractivity contribution is 5.95. The standard InChI is InChI=1S/C25H29N3O2/c1-16-5-4-6-20(9-16)30-24-26-22(21-7-2-3-8-28(21)24)23(29)27-25-13-17-10-18(14-25)12-19(11-17)15-25/h2-9,17-19,24,26H,10-15H2,1H3,(H,27,29). The van der Waals surface area contributed by atoms with Crippen LogP contribution < -0.4 is 15.4 Å². The van der Waals surface area contributed by atoms with Gasteiger partial charge in [0.25, 0.3) is 12.3 Å². The number of fused-ring (bicyclic) bond motifs is 1. The number of aryl methyl sites for hydroxylation is 1. The number of nitrogens with one attached hydrogen (secondary N) is 2. The maximum atomic E-state index is 13.5. The fourth-order valence-electron chi connectivity index (χ4n) is 6.79. The van der Waals surface area contributed by atoms with Gasteiger partial charge in [-0.05, 0) is 93.1 Å². The van der Waals surface area contributed by atoms with Crippen molar-refractivity contribution < 1.29 is 9.53 Å². The third-order valence-electron chi connectivity index (χ3n) is 7.55. The van der Waals surface area contributed by atoms with Gasteiger partial charge in [-0.25, -0.2) is 0 Å². The molecule has 0 saturated heterocycles. The molecule has 1 aromatic rings. The van der Waals surface area contributed by atoms with Gasteiger partial charge in [0.15, 0.2) is 0 Å². The SMILES string of the molecule is Cc1cccc(OC2NC(C(=O)NC34CC5CC(CC(C5)C3)C4)=C3C=CC=CN32)c1. The zero-order chi connectivity index (χ0) is 20.3. The fourth-order valence-corrected chi connectivity index (χ4v) is 6.79. The third-order valence-corrected chi connectivity index (χ3v) is 7.55. The van der Waals surface area contributed by atoms with Crippen molar-refractivity contribution in [1.29, 1.82) is 0 Å². The first-order valence-corrected chi connectivity index (χ1v) is 11.3. The summed E-state index contributed by atoms with van der Waals surface area (Å²) in [6.07, 6.45) is 15.0. The maximum absolute atomic E-state index is 13.5. The number of allylic oxidation sites excluding steroid dienone is 3. The Kier molecular flexibility index (Phi) is 4.02. The van der Waals surface area contributed by atoms with Crippen LogP contribution in [0.3, 0.4) is 0 Å². The van der Waals surface area contributed by atoms with E-state index in [0.717, 1.165) is 54.0 Å². The maximum Gasteiger partial charge on any atom is 0.270 e. The Morgan fingerprint density at radius 3 is 2.57 bits per heavy atom. The first-order chi connectivity index (χ1) is 14.6. The van der Waals surface area contributed by atoms with Crippen molar-refractivity contribution in [1.82, 2.24) is 15.5 Å². The molecule has 1 unspecified atom stereocenters. The molecule has 156 valence electrons. The molecule has 5 heteroatoms. The van der Waals surface area contributed by atoms with Crippen molar-refractivity contribution in [3.05, 3.63) is 65.7 Å². The van der Waals surface area contributed by atoms with Gasteiger partial charge in [0.1, 0.15) is 11.4 Å². The summed E-state index contributed by atoms with van der Waals surface area (Å²) in [5, 5.41) is 6.85. The number of benzene rings is 1. The second-order valence-corrected chi connectivity index (χ2v) is 9.95. The molecule has 2 aliphatic heterocycles. The monoisotopic (exact) mass is 403 g/mol. The van der Waals surface area contributed by atoms with Crippen molar-refractivity contribution in [2.75, 3.05) is 0 Å². The smallest absolute Gasteiger partial charge is 0.270 e. The molecule has 4 bridgehead atoms. The summed E-state index contributed by atoms with van der Waals surface area (Å²) in [5.74, 6) is 3.20. The zero-order valence-corrected chi connectivity index (χ0v) is 17.4. The van der Waals surface area contributed by atoms with Gasteiger partial charge >= 0.3 is 0 Å². The lowest BCUT2D eigenvalue weighted by Gasteiger charge is -2.56. The molecule has 2 N–H and O–H groups in total. The minimum absolute atomic E-state index is 0.00436. The van der Waals surface area contributed by atoms with Gasteiger partial charge in [-0.15, -0.1) is 0 Å². The molecule has 1 amide bonds. The summed E-state index contributed by atoms with van der Waals surface area (Å²) in [6.45, 7) is 2.05. The average molecular weight is 404 g/mol. The molecule has 30 heavy (non-hydrogen) atoms. The Morgan fingerprint density at radius 1 is 1.13 bits per heavy atom. The van der Waals surface area contributed by atoms with Crippen LogP contribution in [0, 0.1) is 24.7 Å². The van der Waals surface area contributed by atoms with E-state index in [1.54, 1.807) is 0 Å². The van der Waals surface area contributed by atoms with E-state index >= 15 is 0 Å². The molecule has 4 saturated carbocycles. The van der Waals surface area contributed by atoms with Crippen molar-refractivity contribution in [3.63, 3.8) is 0 Å². The number of hydrogen-bond acceptors (Lipinski definition) is 4. The van der Waals surface area contributed by atoms with Crippen LogP contribution in [0.2, 0.25) is 0 Å². The van der Waals surface area contributed by atoms with Gasteiger partial charge in [0, 0.05) is 11.7 Å². The molecule has 5 nitrogen and oxygen atoms in total. The Hall–Kier alpha value is -2.69. The quantitative estimate of drug-likeness (QED) is 0.800. The molecule has 0 radical (unpaired) electrons. The summed E-state index contributed by atoms with van der Waals surface area (Å²) in [6, 6.07) is 8.00. The average Bonchev–Trinajstić information content (AvgIpc) is 3.05. The molecule has 1 atom stereocenters. The predicted octanol–water partition coefficient (Wildman–Crippen LogP) is 3.94. The third kappa shape index (κ3) is 3.03. The molecule has 4 aliphatic carbocycles. The van der Waals surface area contributed by atoms with E-state index < -0.39 is 6.35 Å². The number of rotatable bonds is 4. The predicted molar refractivity (Wildman–Crippen MR) is 115 cm³/mol. The van der Waals surface area contributed by atoms with Crippen LogP contribution in [-0.2, 0) is 4.79 Å². The lowest BCUT2D eigenvalue weighted by molar-refractivity contribution is -0.123. The number of nitrogens with zero attached hydrogens (tertiary/aromatic N) is 1. The largest absolute Gasteiger partial charge is 0.452 e. The number of ether oxygens (including phenoxy) is 1. The van der Waals surface area contributed by atoms with Crippen LogP contribution in [0.1, 0.15) is 44.1 Å². The van der Waals surface area contributed by atoms with Crippen LogP contribution in [0.5, 0.6) is 5.75 Å². The second-order valence-electron chi connectivity index (χ2n) is 9.95. The lowest BCUT2D eigenvalue weighted by atomic mass is 9.53. The first-order valence-electron chi connectivity index (χ1n) is 11.3. The summed E-state index contributed by atoms with van der Waals surface area (Å²) >= 11 is 0. The van der Waals surface area contributed by atoms with E-state index in [9.17, 15) is 4.79 Å². The Morgan fingerprint density at radius 2 is 1.87 bits per heavy atom. The molecule has 2 heterocycles. The molecular weight excluding hydrogens is 374 g/mol. The topological polar surface area (TPSA) is 53.6 Å². The molecule has 0 aromatic heterocycles. The lowest BCUT2D eigenvalue weighted by Crippen LogP contribution is -2.60. The first kappa shape index (κ1) is 18.1. The highest BCUT2D eigenvalue weighted by Gasteiger charge is 2.52. The minimum Gasteiger partial charge on any atom is -0.452 e. The molecule has 1 aromatic carbocycles. The molecule has 7 rings (SSSR count). The van der Waals surface area contributed by atoms with Gasteiger partial charge in [-0.2, -0.15) is 0 Å². The van der Waals surface area contributed by atoms with Gasteiger partial charge in [-0.3, -0.25) is 9.69 Å². The second kappa shape index (κ2) is 6.66. The van der Waals surface area contributed by atoms with Crippen LogP contribution >= 0.6 is 0 Å². The molecule has 0 spiro atoms. The number of carbonyl (C=O) groups excluding carboxylic acids is 1. The van der Waals surface area contributed by atoms with Crippen molar-refractivity contribution in [2.24, 2.45) is 17.8 Å². The summed E-state index contributed by atoms with van der Waals surface area (Å²) in [7, 11) is 0. The molecular formula is C25H29N3O2. The van der Waals surface area contributed by atoms with Gasteiger partial charge in [0.2, 0.25) is 0 Å². The Labute approximate surface area is 177 Å². The van der Waals surface area contributed by atoms with E-state index in [1.165, 1.54) is 19.3 Å². The van der Waals surface area contributed by atoms with Gasteiger partial charge in [0.05, 0.1) is 5.70 Å². The number of carbonyl (C=O) groups is 1. The highest BCUT2D eigenvalue weighted by atomic mass is 16.5. The van der Waals surface area contributed by atoms with E-state index in [0.29, 0.717) is 5.70 Å². The minimum atomic E-state index is -0.430. The van der Waals surface area contributed by atoms with E-state index in [-0.39, 0.29) is 11.4 Å². The Bertz CT molecular complexity index is 941. The summed E-state index contributed by atoms with van der Waals surface area (Å²) in [5.41, 5.74) is 2.63. The van der Waals surface area contributed by atoms with E-state index in [2.05, 4.69) is 10.6 Å². The zero-order valence-electron chi connectivity index (χ0n) is 17.4. The number of hydrogen-bond donors (Lipinski definition) is 2. The van der Waals surface area contributed by atoms with Crippen molar-refractivity contribution in [2.45, 2.75) is 57.3 Å². The summed E-state index contributed by atoms with van der Waals surface area (Å²) < 4.78 is 6.21. The van der Waals surface area contributed by atoms with Crippen molar-refractivity contribution >= 4 is 5.91 Å². The van der Waals surface area contributed by atoms with E-state index in [4.69, 9.17) is 4.74 Å². The fraction of sp³-hybridized carbons (Fsp3) is 0.480. The van der Waals surface area contributed by atoms with E-state index in [1.807, 2.05) is 60.5 Å². The molecule has 6 aliphatic rings. The molecule has 4 fully saturated rings. The van der Waals surface area contributed by atoms with Gasteiger partial charge < -0.3 is 15.4 Å². The van der Waals surface area contributed by atoms with Crippen LogP contribution in [0.25, 0.3) is 0 Å². The van der Waals surface area contributed by atoms with Gasteiger partial charge in [-0.1, -0.05) is 18.2 Å². The Balaban J connectivity index is 1.23. The number of amides is 1. The van der Waals surface area contributed by atoms with Crippen molar-refractivity contribution in [3.8, 4) is 5.75 Å². The normalized spacial score (nSPS) is 35.4. The van der Waals surface area contributed by atoms with Crippen LogP contribution in [0.4, 0.5) is 0 Å². The summed E-state index contributed by atoms with van der Waals surface area (Å²) in [4.78, 5) is 15.5. The van der Waals surface area contributed by atoms with Crippen LogP contribution in [0.15, 0.2) is 60.1 Å². The highest BCUT2D eigenvalue weighted by Crippen LogP contribution is 2.55. The van der Waals surface area contributed by atoms with Crippen LogP contribution in [-0.4, -0.2) is 22.7 Å².